The van der Waals surface area contributed by atoms with Gasteiger partial charge in [0.1, 0.15) is 11.6 Å². The van der Waals surface area contributed by atoms with Crippen molar-refractivity contribution in [3.8, 4) is 0 Å². The van der Waals surface area contributed by atoms with Gasteiger partial charge in [-0.25, -0.2) is 17.7 Å². The maximum absolute atomic E-state index is 12.4. The van der Waals surface area contributed by atoms with Crippen LogP contribution in [0.3, 0.4) is 0 Å². The number of nitrogens with one attached hydrogen (secondary N) is 2. The Morgan fingerprint density at radius 1 is 1.09 bits per heavy atom. The predicted octanol–water partition coefficient (Wildman–Crippen LogP) is 3.85. The van der Waals surface area contributed by atoms with Crippen molar-refractivity contribution >= 4 is 33.0 Å². The zero-order valence-electron chi connectivity index (χ0n) is 21.4. The molecule has 0 aliphatic heterocycles. The summed E-state index contributed by atoms with van der Waals surface area (Å²) in [5, 5.41) is 11.4. The SMILES string of the molecule is CC(C)c1cnn2c(Nc3ccc(S(=O)(=O)N(C)C)cc3)cc(NCC(C)(C)CN(C)C)nc12. The molecule has 0 spiro atoms. The van der Waals surface area contributed by atoms with Crippen molar-refractivity contribution in [2.75, 3.05) is 51.9 Å². The van der Waals surface area contributed by atoms with Gasteiger partial charge in [-0.3, -0.25) is 0 Å². The van der Waals surface area contributed by atoms with Crippen molar-refractivity contribution in [2.45, 2.75) is 38.5 Å². The molecule has 0 amide bonds. The number of aromatic nitrogens is 3. The molecule has 3 aromatic rings. The average Bonchev–Trinajstić information content (AvgIpc) is 3.16. The zero-order valence-corrected chi connectivity index (χ0v) is 22.2. The van der Waals surface area contributed by atoms with Crippen LogP contribution in [0.5, 0.6) is 0 Å². The van der Waals surface area contributed by atoms with Gasteiger partial charge in [0.2, 0.25) is 10.0 Å². The second-order valence-corrected chi connectivity index (χ2v) is 12.4. The fourth-order valence-electron chi connectivity index (χ4n) is 3.88. The number of hydrogen-bond donors (Lipinski definition) is 2. The van der Waals surface area contributed by atoms with Crippen LogP contribution in [0.15, 0.2) is 41.4 Å². The van der Waals surface area contributed by atoms with Crippen LogP contribution in [0.1, 0.15) is 39.2 Å². The van der Waals surface area contributed by atoms with Crippen LogP contribution in [-0.4, -0.2) is 73.5 Å². The third kappa shape index (κ3) is 5.86. The molecule has 0 bridgehead atoms. The Bertz CT molecular complexity index is 1230. The summed E-state index contributed by atoms with van der Waals surface area (Å²) >= 11 is 0. The lowest BCUT2D eigenvalue weighted by Gasteiger charge is -2.28. The van der Waals surface area contributed by atoms with Gasteiger partial charge in [0.05, 0.1) is 11.1 Å². The van der Waals surface area contributed by atoms with Gasteiger partial charge in [-0.15, -0.1) is 0 Å². The molecule has 2 heterocycles. The highest BCUT2D eigenvalue weighted by atomic mass is 32.2. The zero-order chi connectivity index (χ0) is 25.3. The highest BCUT2D eigenvalue weighted by Crippen LogP contribution is 2.27. The fraction of sp³-hybridized carbons (Fsp3) is 0.500. The van der Waals surface area contributed by atoms with Crippen molar-refractivity contribution in [1.82, 2.24) is 23.8 Å². The molecule has 9 nitrogen and oxygen atoms in total. The Kier molecular flexibility index (Phi) is 7.54. The number of nitrogens with zero attached hydrogens (tertiary/aromatic N) is 5. The number of hydrogen-bond acceptors (Lipinski definition) is 7. The largest absolute Gasteiger partial charge is 0.369 e. The lowest BCUT2D eigenvalue weighted by molar-refractivity contribution is 0.254. The molecule has 0 aliphatic rings. The molecule has 2 aromatic heterocycles. The van der Waals surface area contributed by atoms with Gasteiger partial charge in [-0.05, 0) is 49.7 Å². The summed E-state index contributed by atoms with van der Waals surface area (Å²) in [6.45, 7) is 10.4. The standard InChI is InChI=1S/C24H37N7O2S/c1-17(2)20-14-26-31-22(27-18-9-11-19(12-10-18)34(32,33)30(7)8)13-21(28-23(20)31)25-15-24(3,4)16-29(5)6/h9-14,17,27H,15-16H2,1-8H3,(H,25,28). The summed E-state index contributed by atoms with van der Waals surface area (Å²) in [6.07, 6.45) is 1.85. The Labute approximate surface area is 203 Å². The third-order valence-electron chi connectivity index (χ3n) is 5.52. The second-order valence-electron chi connectivity index (χ2n) is 10.2. The minimum atomic E-state index is -3.48. The highest BCUT2D eigenvalue weighted by Gasteiger charge is 2.21. The van der Waals surface area contributed by atoms with E-state index in [1.807, 2.05) is 12.3 Å². The predicted molar refractivity (Wildman–Crippen MR) is 138 cm³/mol. The summed E-state index contributed by atoms with van der Waals surface area (Å²) in [5.41, 5.74) is 2.66. The normalized spacial score (nSPS) is 12.8. The molecule has 0 aliphatic carbocycles. The summed E-state index contributed by atoms with van der Waals surface area (Å²) in [7, 11) is 3.71. The first-order chi connectivity index (χ1) is 15.8. The minimum absolute atomic E-state index is 0.0553. The Hall–Kier alpha value is -2.69. The summed E-state index contributed by atoms with van der Waals surface area (Å²) in [4.78, 5) is 7.28. The first kappa shape index (κ1) is 25.9. The molecule has 2 N–H and O–H groups in total. The lowest BCUT2D eigenvalue weighted by atomic mass is 9.93. The molecule has 186 valence electrons. The van der Waals surface area contributed by atoms with E-state index in [1.54, 1.807) is 28.8 Å². The molecule has 3 rings (SSSR count). The van der Waals surface area contributed by atoms with Crippen LogP contribution in [0.25, 0.3) is 5.65 Å². The van der Waals surface area contributed by atoms with E-state index in [1.165, 1.54) is 18.4 Å². The maximum Gasteiger partial charge on any atom is 0.242 e. The van der Waals surface area contributed by atoms with Gasteiger partial charge < -0.3 is 15.5 Å². The van der Waals surface area contributed by atoms with Crippen molar-refractivity contribution in [3.05, 3.63) is 42.1 Å². The van der Waals surface area contributed by atoms with Crippen LogP contribution < -0.4 is 10.6 Å². The Morgan fingerprint density at radius 2 is 1.74 bits per heavy atom. The van der Waals surface area contributed by atoms with Crippen molar-refractivity contribution in [2.24, 2.45) is 5.41 Å². The smallest absolute Gasteiger partial charge is 0.242 e. The molecule has 0 saturated heterocycles. The fourth-order valence-corrected chi connectivity index (χ4v) is 4.78. The number of sulfonamides is 1. The molecule has 0 atom stereocenters. The minimum Gasteiger partial charge on any atom is -0.369 e. The van der Waals surface area contributed by atoms with Gasteiger partial charge in [0.15, 0.2) is 5.65 Å². The maximum atomic E-state index is 12.4. The Balaban J connectivity index is 1.95. The van der Waals surface area contributed by atoms with Crippen LogP contribution in [0.2, 0.25) is 0 Å². The molecular formula is C24H37N7O2S. The third-order valence-corrected chi connectivity index (χ3v) is 7.35. The number of anilines is 3. The Morgan fingerprint density at radius 3 is 2.29 bits per heavy atom. The van der Waals surface area contributed by atoms with Crippen LogP contribution in [-0.2, 0) is 10.0 Å². The van der Waals surface area contributed by atoms with E-state index in [9.17, 15) is 8.42 Å². The van der Waals surface area contributed by atoms with E-state index in [2.05, 4.69) is 62.4 Å². The summed E-state index contributed by atoms with van der Waals surface area (Å²) in [6, 6.07) is 8.63. The molecule has 0 radical (unpaired) electrons. The topological polar surface area (TPSA) is 94.9 Å². The van der Waals surface area contributed by atoms with Crippen molar-refractivity contribution < 1.29 is 8.42 Å². The monoisotopic (exact) mass is 487 g/mol. The molecular weight excluding hydrogens is 450 g/mol. The van der Waals surface area contributed by atoms with Crippen molar-refractivity contribution in [1.29, 1.82) is 0 Å². The summed E-state index contributed by atoms with van der Waals surface area (Å²) in [5.74, 6) is 1.78. The van der Waals surface area contributed by atoms with Crippen LogP contribution in [0.4, 0.5) is 17.3 Å². The molecule has 34 heavy (non-hydrogen) atoms. The van der Waals surface area contributed by atoms with E-state index in [0.29, 0.717) is 0 Å². The lowest BCUT2D eigenvalue weighted by Crippen LogP contribution is -2.34. The van der Waals surface area contributed by atoms with E-state index < -0.39 is 10.0 Å². The summed E-state index contributed by atoms with van der Waals surface area (Å²) < 4.78 is 27.7. The first-order valence-corrected chi connectivity index (χ1v) is 12.8. The molecule has 1 aromatic carbocycles. The van der Waals surface area contributed by atoms with Crippen LogP contribution in [0, 0.1) is 5.41 Å². The van der Waals surface area contributed by atoms with Gasteiger partial charge in [-0.2, -0.15) is 9.61 Å². The molecule has 0 unspecified atom stereocenters. The highest BCUT2D eigenvalue weighted by molar-refractivity contribution is 7.89. The van der Waals surface area contributed by atoms with Gasteiger partial charge in [0.25, 0.3) is 0 Å². The molecule has 0 saturated carbocycles. The van der Waals surface area contributed by atoms with Gasteiger partial charge in [0, 0.05) is 44.5 Å². The van der Waals surface area contributed by atoms with E-state index in [0.717, 1.165) is 41.6 Å². The number of benzene rings is 1. The van der Waals surface area contributed by atoms with Crippen molar-refractivity contribution in [3.63, 3.8) is 0 Å². The second kappa shape index (κ2) is 9.89. The van der Waals surface area contributed by atoms with Gasteiger partial charge in [-0.1, -0.05) is 27.7 Å². The number of rotatable bonds is 10. The number of fused-ring (bicyclic) bond motifs is 1. The average molecular weight is 488 g/mol. The quantitative estimate of drug-likeness (QED) is 0.449. The molecule has 10 heteroatoms. The van der Waals surface area contributed by atoms with Crippen LogP contribution >= 0.6 is 0 Å². The van der Waals surface area contributed by atoms with E-state index in [-0.39, 0.29) is 16.2 Å². The van der Waals surface area contributed by atoms with Gasteiger partial charge >= 0.3 is 0 Å². The van der Waals surface area contributed by atoms with E-state index >= 15 is 0 Å². The molecule has 0 fully saturated rings. The first-order valence-electron chi connectivity index (χ1n) is 11.4. The van der Waals surface area contributed by atoms with E-state index in [4.69, 9.17) is 4.98 Å².